The molecule has 1 aliphatic rings. The maximum Gasteiger partial charge on any atom is 0.241 e. The van der Waals surface area contributed by atoms with Gasteiger partial charge in [0.15, 0.2) is 0 Å². The van der Waals surface area contributed by atoms with Gasteiger partial charge in [-0.3, -0.25) is 9.78 Å². The van der Waals surface area contributed by atoms with Gasteiger partial charge in [-0.2, -0.15) is 0 Å². The van der Waals surface area contributed by atoms with E-state index in [9.17, 15) is 4.79 Å². The second-order valence-corrected chi connectivity index (χ2v) is 3.63. The summed E-state index contributed by atoms with van der Waals surface area (Å²) in [5, 5.41) is 0. The second-order valence-electron chi connectivity index (χ2n) is 3.63. The van der Waals surface area contributed by atoms with Crippen molar-refractivity contribution in [3.8, 4) is 0 Å². The summed E-state index contributed by atoms with van der Waals surface area (Å²) in [6.07, 6.45) is 3.55. The third kappa shape index (κ3) is 1.48. The normalized spacial score (nSPS) is 20.9. The fourth-order valence-corrected chi connectivity index (χ4v) is 1.54. The van der Waals surface area contributed by atoms with Crippen LogP contribution < -0.4 is 5.73 Å². The molecule has 1 aromatic rings. The first-order valence-corrected chi connectivity index (χ1v) is 4.62. The lowest BCUT2D eigenvalue weighted by atomic mass is 10.1. The van der Waals surface area contributed by atoms with Gasteiger partial charge in [0.2, 0.25) is 5.91 Å². The van der Waals surface area contributed by atoms with E-state index in [2.05, 4.69) is 4.98 Å². The fraction of sp³-hybridized carbons (Fsp3) is 0.400. The van der Waals surface area contributed by atoms with Crippen LogP contribution in [0.2, 0.25) is 0 Å². The minimum Gasteiger partial charge on any atom is -0.335 e. The van der Waals surface area contributed by atoms with Crippen LogP contribution in [0.3, 0.4) is 0 Å². The quantitative estimate of drug-likeness (QED) is 0.672. The fourth-order valence-electron chi connectivity index (χ4n) is 1.54. The van der Waals surface area contributed by atoms with E-state index < -0.39 is 0 Å². The predicted octanol–water partition coefficient (Wildman–Crippen LogP) is 0.0595. The van der Waals surface area contributed by atoms with E-state index >= 15 is 0 Å². The molecule has 1 atom stereocenters. The smallest absolute Gasteiger partial charge is 0.241 e. The molecule has 4 nitrogen and oxygen atoms in total. The van der Waals surface area contributed by atoms with E-state index in [0.29, 0.717) is 13.1 Å². The molecular weight excluding hydrogens is 178 g/mol. The molecule has 4 heteroatoms. The van der Waals surface area contributed by atoms with Crippen molar-refractivity contribution in [2.75, 3.05) is 6.54 Å². The number of aryl methyl sites for hydroxylation is 1. The molecule has 74 valence electrons. The average Bonchev–Trinajstić information content (AvgIpc) is 2.20. The maximum absolute atomic E-state index is 11.3. The van der Waals surface area contributed by atoms with Crippen LogP contribution in [-0.2, 0) is 11.3 Å². The van der Waals surface area contributed by atoms with Crippen molar-refractivity contribution in [2.24, 2.45) is 5.73 Å². The highest BCUT2D eigenvalue weighted by Gasteiger charge is 2.33. The summed E-state index contributed by atoms with van der Waals surface area (Å²) in [7, 11) is 0. The molecule has 1 aliphatic heterocycles. The number of hydrogen-bond donors (Lipinski definition) is 1. The van der Waals surface area contributed by atoms with Gasteiger partial charge >= 0.3 is 0 Å². The molecule has 1 unspecified atom stereocenters. The Hall–Kier alpha value is -1.42. The largest absolute Gasteiger partial charge is 0.335 e. The summed E-state index contributed by atoms with van der Waals surface area (Å²) in [5.41, 5.74) is 7.75. The molecule has 2 N–H and O–H groups in total. The van der Waals surface area contributed by atoms with Gasteiger partial charge in [0, 0.05) is 25.5 Å². The molecule has 14 heavy (non-hydrogen) atoms. The lowest BCUT2D eigenvalue weighted by Crippen LogP contribution is -2.60. The van der Waals surface area contributed by atoms with Crippen LogP contribution >= 0.6 is 0 Å². The first-order chi connectivity index (χ1) is 6.68. The van der Waals surface area contributed by atoms with Gasteiger partial charge < -0.3 is 10.6 Å². The molecule has 0 radical (unpaired) electrons. The number of pyridine rings is 1. The summed E-state index contributed by atoms with van der Waals surface area (Å²) in [6.45, 7) is 3.31. The van der Waals surface area contributed by atoms with E-state index in [1.165, 1.54) is 0 Å². The van der Waals surface area contributed by atoms with Crippen LogP contribution in [0.5, 0.6) is 0 Å². The van der Waals surface area contributed by atoms with Gasteiger partial charge in [0.1, 0.15) is 6.04 Å². The molecule has 0 aliphatic carbocycles. The number of hydrogen-bond acceptors (Lipinski definition) is 3. The molecule has 0 bridgehead atoms. The standard InChI is InChI=1S/C10H13N3O/c1-7-2-3-12-4-8(7)5-13-6-9(11)10(13)14/h2-4,9H,5-6,11H2,1H3. The second kappa shape index (κ2) is 3.38. The molecule has 2 rings (SSSR count). The maximum atomic E-state index is 11.3. The van der Waals surface area contributed by atoms with E-state index in [4.69, 9.17) is 5.73 Å². The third-order valence-electron chi connectivity index (χ3n) is 2.55. The molecule has 1 amide bonds. The van der Waals surface area contributed by atoms with Crippen molar-refractivity contribution in [1.82, 2.24) is 9.88 Å². The number of nitrogens with zero attached hydrogens (tertiary/aromatic N) is 2. The Bertz CT molecular complexity index is 364. The molecule has 0 saturated carbocycles. The van der Waals surface area contributed by atoms with Crippen molar-refractivity contribution < 1.29 is 4.79 Å². The minimum atomic E-state index is -0.285. The van der Waals surface area contributed by atoms with Gasteiger partial charge in [-0.1, -0.05) is 0 Å². The van der Waals surface area contributed by atoms with Crippen molar-refractivity contribution in [2.45, 2.75) is 19.5 Å². The van der Waals surface area contributed by atoms with E-state index in [1.54, 1.807) is 17.3 Å². The number of likely N-dealkylation sites (tertiary alicyclic amines) is 1. The summed E-state index contributed by atoms with van der Waals surface area (Å²) >= 11 is 0. The SMILES string of the molecule is Cc1ccncc1CN1CC(N)C1=O. The van der Waals surface area contributed by atoms with Gasteiger partial charge in [-0.15, -0.1) is 0 Å². The van der Waals surface area contributed by atoms with Gasteiger partial charge in [-0.25, -0.2) is 0 Å². The Morgan fingerprint density at radius 2 is 2.50 bits per heavy atom. The molecule has 0 spiro atoms. The van der Waals surface area contributed by atoms with Crippen LogP contribution in [0.15, 0.2) is 18.5 Å². The van der Waals surface area contributed by atoms with Crippen molar-refractivity contribution in [3.63, 3.8) is 0 Å². The van der Waals surface area contributed by atoms with E-state index in [-0.39, 0.29) is 11.9 Å². The molecule has 1 aromatic heterocycles. The lowest BCUT2D eigenvalue weighted by molar-refractivity contribution is -0.143. The van der Waals surface area contributed by atoms with Gasteiger partial charge in [-0.05, 0) is 24.1 Å². The van der Waals surface area contributed by atoms with Gasteiger partial charge in [0.25, 0.3) is 0 Å². The number of carbonyl (C=O) groups is 1. The number of carbonyl (C=O) groups excluding carboxylic acids is 1. The number of rotatable bonds is 2. The molecule has 1 fully saturated rings. The third-order valence-corrected chi connectivity index (χ3v) is 2.55. The highest BCUT2D eigenvalue weighted by molar-refractivity contribution is 5.87. The Morgan fingerprint density at radius 1 is 1.71 bits per heavy atom. The summed E-state index contributed by atoms with van der Waals surface area (Å²) in [4.78, 5) is 17.0. The topological polar surface area (TPSA) is 59.2 Å². The number of nitrogens with two attached hydrogens (primary N) is 1. The highest BCUT2D eigenvalue weighted by atomic mass is 16.2. The zero-order valence-corrected chi connectivity index (χ0v) is 8.10. The van der Waals surface area contributed by atoms with E-state index in [0.717, 1.165) is 11.1 Å². The zero-order chi connectivity index (χ0) is 10.1. The summed E-state index contributed by atoms with van der Waals surface area (Å²) < 4.78 is 0. The number of amides is 1. The first kappa shape index (κ1) is 9.15. The van der Waals surface area contributed by atoms with Gasteiger partial charge in [0.05, 0.1) is 0 Å². The van der Waals surface area contributed by atoms with Crippen LogP contribution in [0, 0.1) is 6.92 Å². The van der Waals surface area contributed by atoms with Crippen LogP contribution in [0.1, 0.15) is 11.1 Å². The van der Waals surface area contributed by atoms with Crippen LogP contribution in [0.25, 0.3) is 0 Å². The summed E-state index contributed by atoms with van der Waals surface area (Å²) in [5.74, 6) is 0.0354. The highest BCUT2D eigenvalue weighted by Crippen LogP contribution is 2.15. The lowest BCUT2D eigenvalue weighted by Gasteiger charge is -2.36. The van der Waals surface area contributed by atoms with Crippen molar-refractivity contribution >= 4 is 5.91 Å². The Balaban J connectivity index is 2.06. The van der Waals surface area contributed by atoms with E-state index in [1.807, 2.05) is 13.0 Å². The number of β-lactam (4-membered cyclic amide) rings is 1. The van der Waals surface area contributed by atoms with Crippen molar-refractivity contribution in [1.29, 1.82) is 0 Å². The first-order valence-electron chi connectivity index (χ1n) is 4.62. The monoisotopic (exact) mass is 191 g/mol. The number of aromatic nitrogens is 1. The van der Waals surface area contributed by atoms with Crippen molar-refractivity contribution in [3.05, 3.63) is 29.6 Å². The molecule has 1 saturated heterocycles. The zero-order valence-electron chi connectivity index (χ0n) is 8.10. The molecule has 2 heterocycles. The predicted molar refractivity (Wildman–Crippen MR) is 52.4 cm³/mol. The Kier molecular flexibility index (Phi) is 2.21. The Morgan fingerprint density at radius 3 is 3.07 bits per heavy atom. The summed E-state index contributed by atoms with van der Waals surface area (Å²) in [6, 6.07) is 1.66. The minimum absolute atomic E-state index is 0.0354. The molecular formula is C10H13N3O. The average molecular weight is 191 g/mol. The van der Waals surface area contributed by atoms with Crippen LogP contribution in [-0.4, -0.2) is 28.4 Å². The molecule has 0 aromatic carbocycles. The Labute approximate surface area is 82.7 Å². The van der Waals surface area contributed by atoms with Crippen LogP contribution in [0.4, 0.5) is 0 Å².